The van der Waals surface area contributed by atoms with Gasteiger partial charge in [-0.1, -0.05) is 29.0 Å². The molecular weight excluding hydrogens is 484 g/mol. The number of carbonyl (C=O) groups excluding carboxylic acids is 2. The van der Waals surface area contributed by atoms with E-state index in [-0.39, 0.29) is 11.8 Å². The van der Waals surface area contributed by atoms with Crippen molar-refractivity contribution in [2.24, 2.45) is 5.92 Å². The number of rotatable bonds is 6. The normalized spacial score (nSPS) is 15.5. The molecule has 1 N–H and O–H groups in total. The molecule has 0 radical (unpaired) electrons. The first-order chi connectivity index (χ1) is 16.9. The van der Waals surface area contributed by atoms with Crippen molar-refractivity contribution in [2.75, 3.05) is 12.4 Å². The van der Waals surface area contributed by atoms with Crippen LogP contribution in [0.15, 0.2) is 42.7 Å². The van der Waals surface area contributed by atoms with Gasteiger partial charge in [0.25, 0.3) is 5.91 Å². The molecule has 0 aliphatic heterocycles. The number of halogens is 1. The second kappa shape index (κ2) is 9.71. The van der Waals surface area contributed by atoms with Gasteiger partial charge in [-0.05, 0) is 56.0 Å². The highest BCUT2D eigenvalue weighted by Gasteiger charge is 2.24. The van der Waals surface area contributed by atoms with E-state index in [0.717, 1.165) is 40.7 Å². The van der Waals surface area contributed by atoms with E-state index in [1.807, 2.05) is 25.1 Å². The third-order valence-electron chi connectivity index (χ3n) is 6.22. The van der Waals surface area contributed by atoms with Crippen LogP contribution in [0, 0.1) is 12.8 Å². The summed E-state index contributed by atoms with van der Waals surface area (Å²) in [6.07, 6.45) is 6.45. The van der Waals surface area contributed by atoms with Gasteiger partial charge in [0.05, 0.1) is 29.1 Å². The van der Waals surface area contributed by atoms with Crippen LogP contribution in [0.1, 0.15) is 40.9 Å². The average molecular weight is 507 g/mol. The van der Waals surface area contributed by atoms with Gasteiger partial charge in [0.2, 0.25) is 0 Å². The molecule has 1 aliphatic carbocycles. The Labute approximate surface area is 211 Å². The summed E-state index contributed by atoms with van der Waals surface area (Å²) in [5.74, 6) is 0.642. The second-order valence-corrected chi connectivity index (χ2v) is 10.0. The van der Waals surface area contributed by atoms with Crippen LogP contribution in [0.5, 0.6) is 5.75 Å². The number of hydrogen-bond acceptors (Lipinski definition) is 7. The summed E-state index contributed by atoms with van der Waals surface area (Å²) in [5, 5.41) is 3.70. The molecule has 0 saturated heterocycles. The van der Waals surface area contributed by atoms with Crippen molar-refractivity contribution < 1.29 is 14.3 Å². The molecule has 4 aromatic rings. The molecule has 0 bridgehead atoms. The zero-order valence-corrected chi connectivity index (χ0v) is 20.9. The molecule has 1 amide bonds. The molecule has 7 nitrogen and oxygen atoms in total. The maximum absolute atomic E-state index is 13.3. The number of benzene rings is 1. The number of fused-ring (bicyclic) bond motifs is 1. The summed E-state index contributed by atoms with van der Waals surface area (Å²) < 4.78 is 6.41. The fourth-order valence-corrected chi connectivity index (χ4v) is 5.54. The van der Waals surface area contributed by atoms with Gasteiger partial charge in [0.15, 0.2) is 5.13 Å². The average Bonchev–Trinajstić information content (AvgIpc) is 3.43. The molecule has 3 aromatic heterocycles. The van der Waals surface area contributed by atoms with Gasteiger partial charge in [-0.3, -0.25) is 19.9 Å². The van der Waals surface area contributed by atoms with Gasteiger partial charge in [-0.2, -0.15) is 0 Å². The minimum absolute atomic E-state index is 0.116. The van der Waals surface area contributed by atoms with E-state index in [2.05, 4.69) is 26.3 Å². The van der Waals surface area contributed by atoms with Crippen LogP contribution in [0.4, 0.5) is 5.13 Å². The predicted molar refractivity (Wildman–Crippen MR) is 137 cm³/mol. The molecule has 1 fully saturated rings. The molecule has 1 aromatic carbocycles. The van der Waals surface area contributed by atoms with Gasteiger partial charge in [-0.25, -0.2) is 9.97 Å². The number of thiazole rings is 1. The van der Waals surface area contributed by atoms with Gasteiger partial charge >= 0.3 is 0 Å². The zero-order chi connectivity index (χ0) is 24.5. The number of carbonyl (C=O) groups is 2. The first-order valence-corrected chi connectivity index (χ1v) is 12.5. The van der Waals surface area contributed by atoms with Crippen molar-refractivity contribution in [3.63, 3.8) is 0 Å². The highest BCUT2D eigenvalue weighted by atomic mass is 35.5. The summed E-state index contributed by atoms with van der Waals surface area (Å²) in [5.41, 5.74) is 4.33. The summed E-state index contributed by atoms with van der Waals surface area (Å²) in [6, 6.07) is 9.51. The van der Waals surface area contributed by atoms with Crippen LogP contribution in [0.3, 0.4) is 0 Å². The number of Topliss-reactive ketones (excluding diaryl/α,β-unsaturated/α-hetero) is 1. The van der Waals surface area contributed by atoms with E-state index < -0.39 is 0 Å². The Morgan fingerprint density at radius 1 is 1.20 bits per heavy atom. The molecule has 3 heterocycles. The Bertz CT molecular complexity index is 1450. The topological polar surface area (TPSA) is 94.1 Å². The first kappa shape index (κ1) is 23.4. The number of aromatic nitrogens is 3. The van der Waals surface area contributed by atoms with Crippen LogP contribution in [0.2, 0.25) is 5.15 Å². The van der Waals surface area contributed by atoms with E-state index >= 15 is 0 Å². The number of nitrogens with zero attached hydrogens (tertiary/aromatic N) is 3. The van der Waals surface area contributed by atoms with E-state index in [4.69, 9.17) is 16.3 Å². The molecule has 1 unspecified atom stereocenters. The number of hydrogen-bond donors (Lipinski definition) is 1. The lowest BCUT2D eigenvalue weighted by atomic mass is 9.97. The first-order valence-electron chi connectivity index (χ1n) is 11.3. The van der Waals surface area contributed by atoms with Gasteiger partial charge in [0, 0.05) is 35.4 Å². The standard InChI is InChI=1S/C26H23ClN4O3S/c1-14-8-17(18-11-24(27)29-13-22(18)34-2)19(12-28-14)25(33)31-26-30-20-7-6-15(10-23(20)35-26)9-16-4-3-5-21(16)32/h6-8,10-13,16H,3-5,9H2,1-2H3,(H,30,31,33). The summed E-state index contributed by atoms with van der Waals surface area (Å²) in [4.78, 5) is 38.3. The summed E-state index contributed by atoms with van der Waals surface area (Å²) >= 11 is 7.54. The molecule has 178 valence electrons. The number of amides is 1. The minimum atomic E-state index is -0.335. The maximum atomic E-state index is 13.3. The molecule has 5 rings (SSSR count). The molecule has 1 atom stereocenters. The lowest BCUT2D eigenvalue weighted by Gasteiger charge is -2.13. The summed E-state index contributed by atoms with van der Waals surface area (Å²) in [6.45, 7) is 1.85. The van der Waals surface area contributed by atoms with Crippen LogP contribution in [-0.2, 0) is 11.2 Å². The highest BCUT2D eigenvalue weighted by molar-refractivity contribution is 7.22. The zero-order valence-electron chi connectivity index (χ0n) is 19.3. The number of ketones is 1. The Hall–Kier alpha value is -3.36. The smallest absolute Gasteiger partial charge is 0.259 e. The van der Waals surface area contributed by atoms with Gasteiger partial charge in [0.1, 0.15) is 16.7 Å². The number of methoxy groups -OCH3 is 1. The molecule has 0 spiro atoms. The summed E-state index contributed by atoms with van der Waals surface area (Å²) in [7, 11) is 1.54. The van der Waals surface area contributed by atoms with Crippen LogP contribution in [-0.4, -0.2) is 33.8 Å². The SMILES string of the molecule is COc1cnc(Cl)cc1-c1cc(C)ncc1C(=O)Nc1nc2ccc(CC3CCCC3=O)cc2s1. The van der Waals surface area contributed by atoms with Crippen molar-refractivity contribution >= 4 is 50.0 Å². The van der Waals surface area contributed by atoms with E-state index in [1.54, 1.807) is 13.2 Å². The van der Waals surface area contributed by atoms with Crippen LogP contribution < -0.4 is 10.1 Å². The Kier molecular flexibility index (Phi) is 6.49. The van der Waals surface area contributed by atoms with E-state index in [0.29, 0.717) is 44.9 Å². The van der Waals surface area contributed by atoms with Crippen LogP contribution >= 0.6 is 22.9 Å². The number of pyridine rings is 2. The Balaban J connectivity index is 1.42. The Morgan fingerprint density at radius 2 is 2.06 bits per heavy atom. The largest absolute Gasteiger partial charge is 0.494 e. The fraction of sp³-hybridized carbons (Fsp3) is 0.269. The fourth-order valence-electron chi connectivity index (χ4n) is 4.46. The monoisotopic (exact) mass is 506 g/mol. The van der Waals surface area contributed by atoms with Crippen molar-refractivity contribution in [1.29, 1.82) is 0 Å². The lowest BCUT2D eigenvalue weighted by Crippen LogP contribution is -2.14. The predicted octanol–water partition coefficient (Wildman–Crippen LogP) is 5.89. The highest BCUT2D eigenvalue weighted by Crippen LogP contribution is 2.35. The van der Waals surface area contributed by atoms with E-state index in [1.165, 1.54) is 23.7 Å². The van der Waals surface area contributed by atoms with Gasteiger partial charge < -0.3 is 4.74 Å². The van der Waals surface area contributed by atoms with Crippen molar-refractivity contribution in [3.8, 4) is 16.9 Å². The van der Waals surface area contributed by atoms with Crippen molar-refractivity contribution in [2.45, 2.75) is 32.6 Å². The van der Waals surface area contributed by atoms with Crippen molar-refractivity contribution in [3.05, 3.63) is 64.7 Å². The number of aryl methyl sites for hydroxylation is 1. The quantitative estimate of drug-likeness (QED) is 0.328. The van der Waals surface area contributed by atoms with Gasteiger partial charge in [-0.15, -0.1) is 0 Å². The van der Waals surface area contributed by atoms with Crippen molar-refractivity contribution in [1.82, 2.24) is 15.0 Å². The third-order valence-corrected chi connectivity index (χ3v) is 7.36. The molecule has 1 aliphatic rings. The lowest BCUT2D eigenvalue weighted by molar-refractivity contribution is -0.120. The maximum Gasteiger partial charge on any atom is 0.259 e. The van der Waals surface area contributed by atoms with Crippen LogP contribution in [0.25, 0.3) is 21.3 Å². The molecule has 35 heavy (non-hydrogen) atoms. The molecule has 9 heteroatoms. The number of nitrogens with one attached hydrogen (secondary N) is 1. The Morgan fingerprint density at radius 3 is 2.83 bits per heavy atom. The van der Waals surface area contributed by atoms with E-state index in [9.17, 15) is 9.59 Å². The third kappa shape index (κ3) is 4.90. The number of anilines is 1. The molecular formula is C26H23ClN4O3S. The second-order valence-electron chi connectivity index (χ2n) is 8.61. The molecule has 1 saturated carbocycles. The number of ether oxygens (including phenoxy) is 1. The minimum Gasteiger partial charge on any atom is -0.494 e.